The van der Waals surface area contributed by atoms with E-state index in [1.165, 1.54) is 77.1 Å². The van der Waals surface area contributed by atoms with Crippen molar-refractivity contribution in [3.05, 3.63) is 180 Å². The van der Waals surface area contributed by atoms with E-state index in [0.29, 0.717) is 0 Å². The van der Waals surface area contributed by atoms with Crippen molar-refractivity contribution in [2.45, 2.75) is 5.41 Å². The van der Waals surface area contributed by atoms with Crippen LogP contribution >= 0.6 is 0 Å². The molecule has 202 valence electrons. The lowest BCUT2D eigenvalue weighted by Gasteiger charge is -2.34. The Morgan fingerprint density at radius 2 is 1.07 bits per heavy atom. The molecule has 1 aliphatic carbocycles. The minimum atomic E-state index is -0.396. The number of hydrogen-bond donors (Lipinski definition) is 0. The molecule has 9 rings (SSSR count). The summed E-state index contributed by atoms with van der Waals surface area (Å²) in [5, 5.41) is 5.22. The zero-order valence-corrected chi connectivity index (χ0v) is 24.0. The van der Waals surface area contributed by atoms with Gasteiger partial charge in [-0.25, -0.2) is 0 Å². The van der Waals surface area contributed by atoms with E-state index in [-0.39, 0.29) is 0 Å². The highest BCUT2D eigenvalue weighted by Gasteiger charge is 2.46. The van der Waals surface area contributed by atoms with Crippen molar-refractivity contribution >= 4 is 32.6 Å². The number of benzene rings is 7. The van der Waals surface area contributed by atoms with Crippen LogP contribution in [0, 0.1) is 0 Å². The Balaban J connectivity index is 1.31. The standard InChI is InChI=1S/C42H29N/c1-43-39-25-22-28-12-8-9-17-33(28)41(39)36-24-21-30(27-40(36)43)29-20-23-35-34-18-10-11-19-37(34)42(38(35)26-29,31-13-4-2-5-14-31)32-15-6-3-7-16-32/h2-27H,1H3. The summed E-state index contributed by atoms with van der Waals surface area (Å²) in [6.07, 6.45) is 0. The number of rotatable bonds is 3. The van der Waals surface area contributed by atoms with Crippen LogP contribution in [0.1, 0.15) is 22.3 Å². The number of hydrogen-bond acceptors (Lipinski definition) is 0. The van der Waals surface area contributed by atoms with Crippen LogP contribution in [0.5, 0.6) is 0 Å². The Labute approximate surface area is 251 Å². The van der Waals surface area contributed by atoms with E-state index in [2.05, 4.69) is 169 Å². The van der Waals surface area contributed by atoms with Crippen LogP contribution in [-0.4, -0.2) is 4.57 Å². The second-order valence-electron chi connectivity index (χ2n) is 11.8. The van der Waals surface area contributed by atoms with Crippen LogP contribution in [0.15, 0.2) is 158 Å². The van der Waals surface area contributed by atoms with Gasteiger partial charge >= 0.3 is 0 Å². The highest BCUT2D eigenvalue weighted by Crippen LogP contribution is 2.56. The number of aromatic nitrogens is 1. The average Bonchev–Trinajstić information content (AvgIpc) is 3.54. The lowest BCUT2D eigenvalue weighted by atomic mass is 9.67. The molecule has 0 saturated carbocycles. The Bertz CT molecular complexity index is 2300. The normalized spacial score (nSPS) is 13.4. The second-order valence-corrected chi connectivity index (χ2v) is 11.8. The first-order valence-electron chi connectivity index (χ1n) is 15.0. The monoisotopic (exact) mass is 547 g/mol. The third-order valence-corrected chi connectivity index (χ3v) is 9.69. The van der Waals surface area contributed by atoms with E-state index >= 15 is 0 Å². The van der Waals surface area contributed by atoms with Crippen LogP contribution < -0.4 is 0 Å². The van der Waals surface area contributed by atoms with Crippen molar-refractivity contribution in [3.8, 4) is 22.3 Å². The van der Waals surface area contributed by atoms with Crippen LogP contribution in [0.2, 0.25) is 0 Å². The molecule has 1 aliphatic rings. The molecule has 0 bridgehead atoms. The van der Waals surface area contributed by atoms with Gasteiger partial charge in [0.15, 0.2) is 0 Å². The van der Waals surface area contributed by atoms with Gasteiger partial charge in [0.05, 0.1) is 5.41 Å². The fourth-order valence-corrected chi connectivity index (χ4v) is 7.78. The SMILES string of the molecule is Cn1c2cc(-c3ccc4c(c3)C(c3ccccc3)(c3ccccc3)c3ccccc3-4)ccc2c2c3ccccc3ccc21. The summed E-state index contributed by atoms with van der Waals surface area (Å²) in [5.41, 5.74) is 12.5. The molecule has 0 amide bonds. The maximum atomic E-state index is 2.45. The zero-order chi connectivity index (χ0) is 28.5. The van der Waals surface area contributed by atoms with Crippen LogP contribution in [0.3, 0.4) is 0 Å². The molecule has 0 N–H and O–H groups in total. The third-order valence-electron chi connectivity index (χ3n) is 9.69. The van der Waals surface area contributed by atoms with Crippen molar-refractivity contribution in [3.63, 3.8) is 0 Å². The van der Waals surface area contributed by atoms with Gasteiger partial charge in [-0.15, -0.1) is 0 Å². The Hall–Kier alpha value is -5.40. The summed E-state index contributed by atoms with van der Waals surface area (Å²) in [7, 11) is 2.19. The Kier molecular flexibility index (Phi) is 5.10. The van der Waals surface area contributed by atoms with Crippen LogP contribution in [0.25, 0.3) is 54.8 Å². The van der Waals surface area contributed by atoms with E-state index in [0.717, 1.165) is 0 Å². The first-order valence-corrected chi connectivity index (χ1v) is 15.0. The number of nitrogens with zero attached hydrogens (tertiary/aromatic N) is 1. The summed E-state index contributed by atoms with van der Waals surface area (Å²) < 4.78 is 2.35. The first-order chi connectivity index (χ1) is 21.2. The summed E-state index contributed by atoms with van der Waals surface area (Å²) in [4.78, 5) is 0. The quantitative estimate of drug-likeness (QED) is 0.207. The lowest BCUT2D eigenvalue weighted by molar-refractivity contribution is 0.769. The summed E-state index contributed by atoms with van der Waals surface area (Å²) >= 11 is 0. The molecule has 0 fully saturated rings. The highest BCUT2D eigenvalue weighted by molar-refractivity contribution is 6.21. The molecule has 1 heterocycles. The minimum Gasteiger partial charge on any atom is -0.344 e. The van der Waals surface area contributed by atoms with Gasteiger partial charge in [0.2, 0.25) is 0 Å². The van der Waals surface area contributed by atoms with E-state index in [9.17, 15) is 0 Å². The topological polar surface area (TPSA) is 4.93 Å². The average molecular weight is 548 g/mol. The molecule has 0 atom stereocenters. The maximum absolute atomic E-state index is 2.45. The van der Waals surface area contributed by atoms with Crippen molar-refractivity contribution < 1.29 is 0 Å². The lowest BCUT2D eigenvalue weighted by Crippen LogP contribution is -2.28. The fraction of sp³-hybridized carbons (Fsp3) is 0.0476. The van der Waals surface area contributed by atoms with Gasteiger partial charge in [0, 0.05) is 28.9 Å². The van der Waals surface area contributed by atoms with Gasteiger partial charge in [-0.2, -0.15) is 0 Å². The molecule has 0 unspecified atom stereocenters. The van der Waals surface area contributed by atoms with Crippen molar-refractivity contribution in [2.24, 2.45) is 7.05 Å². The molecule has 0 radical (unpaired) electrons. The summed E-state index contributed by atoms with van der Waals surface area (Å²) in [6.45, 7) is 0. The molecule has 0 aliphatic heterocycles. The molecule has 0 saturated heterocycles. The molecule has 8 aromatic rings. The molecule has 7 aromatic carbocycles. The molecule has 1 aromatic heterocycles. The Morgan fingerprint density at radius 3 is 1.86 bits per heavy atom. The van der Waals surface area contributed by atoms with E-state index in [4.69, 9.17) is 0 Å². The van der Waals surface area contributed by atoms with Crippen molar-refractivity contribution in [1.29, 1.82) is 0 Å². The smallest absolute Gasteiger partial charge is 0.0713 e. The molecule has 43 heavy (non-hydrogen) atoms. The Morgan fingerprint density at radius 1 is 0.442 bits per heavy atom. The predicted octanol–water partition coefficient (Wildman–Crippen LogP) is 10.5. The van der Waals surface area contributed by atoms with Gasteiger partial charge in [-0.3, -0.25) is 0 Å². The molecular formula is C42H29N. The van der Waals surface area contributed by atoms with Gasteiger partial charge in [-0.05, 0) is 73.5 Å². The minimum absolute atomic E-state index is 0.396. The van der Waals surface area contributed by atoms with Crippen molar-refractivity contribution in [1.82, 2.24) is 4.57 Å². The summed E-state index contributed by atoms with van der Waals surface area (Å²) in [6, 6.07) is 58.3. The van der Waals surface area contributed by atoms with Gasteiger partial charge in [0.25, 0.3) is 0 Å². The van der Waals surface area contributed by atoms with Crippen LogP contribution in [0.4, 0.5) is 0 Å². The van der Waals surface area contributed by atoms with Gasteiger partial charge < -0.3 is 4.57 Å². The highest BCUT2D eigenvalue weighted by atomic mass is 14.9. The molecule has 1 heteroatoms. The fourth-order valence-electron chi connectivity index (χ4n) is 7.78. The predicted molar refractivity (Wildman–Crippen MR) is 181 cm³/mol. The number of aryl methyl sites for hydroxylation is 1. The number of fused-ring (bicyclic) bond motifs is 8. The maximum Gasteiger partial charge on any atom is 0.0713 e. The summed E-state index contributed by atoms with van der Waals surface area (Å²) in [5.74, 6) is 0. The molecule has 0 spiro atoms. The van der Waals surface area contributed by atoms with Crippen LogP contribution in [-0.2, 0) is 12.5 Å². The van der Waals surface area contributed by atoms with E-state index in [1.807, 2.05) is 0 Å². The molecule has 1 nitrogen and oxygen atoms in total. The third kappa shape index (κ3) is 3.28. The first kappa shape index (κ1) is 24.2. The largest absolute Gasteiger partial charge is 0.344 e. The zero-order valence-electron chi connectivity index (χ0n) is 24.0. The van der Waals surface area contributed by atoms with E-state index < -0.39 is 5.41 Å². The van der Waals surface area contributed by atoms with E-state index in [1.54, 1.807) is 0 Å². The van der Waals surface area contributed by atoms with Gasteiger partial charge in [0.1, 0.15) is 0 Å². The van der Waals surface area contributed by atoms with Crippen molar-refractivity contribution in [2.75, 3.05) is 0 Å². The van der Waals surface area contributed by atoms with Gasteiger partial charge in [-0.1, -0.05) is 140 Å². The second kappa shape index (κ2) is 9.05. The molecular weight excluding hydrogens is 518 g/mol.